The lowest BCUT2D eigenvalue weighted by Gasteiger charge is -2.37. The average Bonchev–Trinajstić information content (AvgIpc) is 2.82. The molecule has 0 bridgehead atoms. The highest BCUT2D eigenvalue weighted by Crippen LogP contribution is 2.14. The minimum atomic E-state index is 0.459. The van der Waals surface area contributed by atoms with Crippen molar-refractivity contribution in [3.05, 3.63) is 29.8 Å². The molecule has 0 aliphatic carbocycles. The molecule has 2 N–H and O–H groups in total. The third-order valence-corrected chi connectivity index (χ3v) is 6.12. The first-order valence-electron chi connectivity index (χ1n) is 11.9. The number of benzene rings is 1. The molecule has 0 saturated carbocycles. The molecule has 8 heteroatoms. The van der Waals surface area contributed by atoms with Gasteiger partial charge in [-0.1, -0.05) is 26.0 Å². The molecule has 1 aromatic carbocycles. The normalized spacial score (nSPS) is 19.7. The van der Waals surface area contributed by atoms with Crippen LogP contribution in [0.25, 0.3) is 0 Å². The van der Waals surface area contributed by atoms with Crippen LogP contribution in [0.4, 0.5) is 0 Å². The van der Waals surface area contributed by atoms with Crippen LogP contribution >= 0.6 is 0 Å². The molecule has 3 rings (SSSR count). The summed E-state index contributed by atoms with van der Waals surface area (Å²) in [5, 5.41) is 6.95. The van der Waals surface area contributed by atoms with Crippen LogP contribution in [0.1, 0.15) is 19.4 Å². The number of ether oxygens (including phenoxy) is 3. The molecule has 2 saturated heterocycles. The second-order valence-electron chi connectivity index (χ2n) is 8.72. The van der Waals surface area contributed by atoms with Crippen molar-refractivity contribution in [3.63, 3.8) is 0 Å². The van der Waals surface area contributed by atoms with E-state index in [1.807, 2.05) is 19.2 Å². The maximum Gasteiger partial charge on any atom is 0.191 e. The summed E-state index contributed by atoms with van der Waals surface area (Å²) in [5.41, 5.74) is 1.17. The fourth-order valence-electron chi connectivity index (χ4n) is 4.17. The second-order valence-corrected chi connectivity index (χ2v) is 8.72. The molecule has 1 aromatic rings. The number of nitrogens with zero attached hydrogens (tertiary/aromatic N) is 3. The van der Waals surface area contributed by atoms with E-state index in [4.69, 9.17) is 14.2 Å². The van der Waals surface area contributed by atoms with E-state index in [0.29, 0.717) is 25.1 Å². The van der Waals surface area contributed by atoms with Gasteiger partial charge in [-0.2, -0.15) is 0 Å². The van der Waals surface area contributed by atoms with Gasteiger partial charge in [0.1, 0.15) is 12.4 Å². The number of guanidine groups is 1. The van der Waals surface area contributed by atoms with Crippen molar-refractivity contribution in [2.24, 2.45) is 10.9 Å². The summed E-state index contributed by atoms with van der Waals surface area (Å²) in [5.74, 6) is 2.29. The molecule has 0 aromatic heterocycles. The van der Waals surface area contributed by atoms with Crippen LogP contribution in [0, 0.1) is 5.92 Å². The Morgan fingerprint density at radius 2 is 1.78 bits per heavy atom. The van der Waals surface area contributed by atoms with E-state index >= 15 is 0 Å². The van der Waals surface area contributed by atoms with Gasteiger partial charge in [-0.3, -0.25) is 14.8 Å². The number of hydrogen-bond donors (Lipinski definition) is 2. The summed E-state index contributed by atoms with van der Waals surface area (Å²) < 4.78 is 16.9. The first-order valence-corrected chi connectivity index (χ1v) is 11.9. The van der Waals surface area contributed by atoms with Crippen molar-refractivity contribution in [2.75, 3.05) is 79.4 Å². The van der Waals surface area contributed by atoms with E-state index < -0.39 is 0 Å². The van der Waals surface area contributed by atoms with Crippen molar-refractivity contribution >= 4 is 5.96 Å². The summed E-state index contributed by atoms with van der Waals surface area (Å²) >= 11 is 0. The van der Waals surface area contributed by atoms with Crippen LogP contribution < -0.4 is 15.4 Å². The summed E-state index contributed by atoms with van der Waals surface area (Å²) in [4.78, 5) is 9.31. The maximum atomic E-state index is 5.98. The van der Waals surface area contributed by atoms with Crippen LogP contribution in [0.15, 0.2) is 29.3 Å². The SMILES string of the molecule is CN=C(NCc1cccc(OCCN2CCOCC2)c1)NCC(C(C)C)N1CCOCC1. The number of morpholine rings is 2. The van der Waals surface area contributed by atoms with Crippen molar-refractivity contribution in [1.29, 1.82) is 0 Å². The van der Waals surface area contributed by atoms with Gasteiger partial charge in [-0.05, 0) is 23.6 Å². The Morgan fingerprint density at radius 3 is 2.47 bits per heavy atom. The fourth-order valence-corrected chi connectivity index (χ4v) is 4.17. The zero-order chi connectivity index (χ0) is 22.6. The number of hydrogen-bond acceptors (Lipinski definition) is 6. The van der Waals surface area contributed by atoms with Gasteiger partial charge in [0.15, 0.2) is 5.96 Å². The monoisotopic (exact) mass is 447 g/mol. The number of nitrogens with one attached hydrogen (secondary N) is 2. The zero-order valence-electron chi connectivity index (χ0n) is 20.0. The minimum Gasteiger partial charge on any atom is -0.492 e. The minimum absolute atomic E-state index is 0.459. The third-order valence-electron chi connectivity index (χ3n) is 6.12. The first-order chi connectivity index (χ1) is 15.7. The summed E-state index contributed by atoms with van der Waals surface area (Å²) in [7, 11) is 1.82. The molecule has 32 heavy (non-hydrogen) atoms. The molecular formula is C24H41N5O3. The molecule has 1 atom stereocenters. The predicted molar refractivity (Wildman–Crippen MR) is 128 cm³/mol. The molecule has 180 valence electrons. The number of aliphatic imine (C=N–C) groups is 1. The van der Waals surface area contributed by atoms with E-state index in [9.17, 15) is 0 Å². The first kappa shape index (κ1) is 24.8. The predicted octanol–water partition coefficient (Wildman–Crippen LogP) is 1.42. The fraction of sp³-hybridized carbons (Fsp3) is 0.708. The zero-order valence-corrected chi connectivity index (χ0v) is 20.0. The molecule has 2 fully saturated rings. The summed E-state index contributed by atoms with van der Waals surface area (Å²) in [6, 6.07) is 8.74. The van der Waals surface area contributed by atoms with Gasteiger partial charge in [0, 0.05) is 58.9 Å². The standard InChI is InChI=1S/C24H41N5O3/c1-20(2)23(29-10-14-31-15-11-29)19-27-24(25-3)26-18-21-5-4-6-22(17-21)32-16-9-28-7-12-30-13-8-28/h4-6,17,20,23H,7-16,18-19H2,1-3H3,(H2,25,26,27). The molecular weight excluding hydrogens is 406 g/mol. The average molecular weight is 448 g/mol. The quantitative estimate of drug-likeness (QED) is 0.415. The molecule has 8 nitrogen and oxygen atoms in total. The van der Waals surface area contributed by atoms with E-state index in [0.717, 1.165) is 77.4 Å². The lowest BCUT2D eigenvalue weighted by Crippen LogP contribution is -2.52. The van der Waals surface area contributed by atoms with E-state index in [-0.39, 0.29) is 0 Å². The highest BCUT2D eigenvalue weighted by molar-refractivity contribution is 5.79. The second kappa shape index (κ2) is 13.6. The highest BCUT2D eigenvalue weighted by Gasteiger charge is 2.23. The van der Waals surface area contributed by atoms with E-state index in [2.05, 4.69) is 51.4 Å². The van der Waals surface area contributed by atoms with Gasteiger partial charge in [-0.15, -0.1) is 0 Å². The summed E-state index contributed by atoms with van der Waals surface area (Å²) in [6.07, 6.45) is 0. The van der Waals surface area contributed by atoms with Gasteiger partial charge in [-0.25, -0.2) is 0 Å². The smallest absolute Gasteiger partial charge is 0.191 e. The molecule has 1 unspecified atom stereocenters. The molecule has 0 spiro atoms. The van der Waals surface area contributed by atoms with Gasteiger partial charge in [0.05, 0.1) is 26.4 Å². The highest BCUT2D eigenvalue weighted by atomic mass is 16.5. The van der Waals surface area contributed by atoms with E-state index in [1.54, 1.807) is 0 Å². The molecule has 2 heterocycles. The van der Waals surface area contributed by atoms with Crippen molar-refractivity contribution < 1.29 is 14.2 Å². The Kier molecular flexibility index (Phi) is 10.5. The molecule has 2 aliphatic rings. The Morgan fingerprint density at radius 1 is 1.06 bits per heavy atom. The van der Waals surface area contributed by atoms with Gasteiger partial charge in [0.25, 0.3) is 0 Å². The molecule has 2 aliphatic heterocycles. The van der Waals surface area contributed by atoms with Crippen molar-refractivity contribution in [3.8, 4) is 5.75 Å². The Labute approximate surface area is 193 Å². The third kappa shape index (κ3) is 8.24. The Hall–Kier alpha value is -1.87. The van der Waals surface area contributed by atoms with Crippen LogP contribution in [0.5, 0.6) is 5.75 Å². The van der Waals surface area contributed by atoms with Crippen LogP contribution in [-0.2, 0) is 16.0 Å². The van der Waals surface area contributed by atoms with Crippen molar-refractivity contribution in [2.45, 2.75) is 26.4 Å². The van der Waals surface area contributed by atoms with Crippen molar-refractivity contribution in [1.82, 2.24) is 20.4 Å². The van der Waals surface area contributed by atoms with E-state index in [1.165, 1.54) is 5.56 Å². The van der Waals surface area contributed by atoms with Crippen LogP contribution in [-0.4, -0.2) is 101 Å². The number of rotatable bonds is 10. The largest absolute Gasteiger partial charge is 0.492 e. The summed E-state index contributed by atoms with van der Waals surface area (Å²) in [6.45, 7) is 15.0. The van der Waals surface area contributed by atoms with Crippen LogP contribution in [0.2, 0.25) is 0 Å². The molecule has 0 amide bonds. The van der Waals surface area contributed by atoms with Gasteiger partial charge in [0.2, 0.25) is 0 Å². The maximum absolute atomic E-state index is 5.98. The lowest BCUT2D eigenvalue weighted by atomic mass is 10.0. The Bertz CT molecular complexity index is 688. The molecule has 0 radical (unpaired) electrons. The Balaban J connectivity index is 1.42. The topological polar surface area (TPSA) is 70.6 Å². The van der Waals surface area contributed by atoms with Crippen LogP contribution in [0.3, 0.4) is 0 Å². The lowest BCUT2D eigenvalue weighted by molar-refractivity contribution is 0.00752. The van der Waals surface area contributed by atoms with Gasteiger partial charge < -0.3 is 24.8 Å². The van der Waals surface area contributed by atoms with Gasteiger partial charge >= 0.3 is 0 Å².